The monoisotopic (exact) mass is 220 g/mol. The molecule has 4 nitrogen and oxygen atoms in total. The summed E-state index contributed by atoms with van der Waals surface area (Å²) in [6, 6.07) is 0.431. The summed E-state index contributed by atoms with van der Waals surface area (Å²) in [6.07, 6.45) is 6.33. The number of aryl methyl sites for hydroxylation is 1. The first-order chi connectivity index (χ1) is 7.76. The standard InChI is InChI=1S/C12H20N4/c1-4-6-9(3)16-12-10(8-13-16)14-11(15-12)7-5-2/h8-9H,4-7H2,1-3H3,(H,14,15)/t9-/m1/s1. The highest BCUT2D eigenvalue weighted by molar-refractivity contribution is 5.70. The van der Waals surface area contributed by atoms with Gasteiger partial charge in [-0.15, -0.1) is 0 Å². The number of rotatable bonds is 5. The summed E-state index contributed by atoms with van der Waals surface area (Å²) < 4.78 is 2.04. The molecule has 2 aromatic rings. The molecular formula is C12H20N4. The zero-order valence-electron chi connectivity index (χ0n) is 10.3. The minimum absolute atomic E-state index is 0.431. The van der Waals surface area contributed by atoms with Gasteiger partial charge in [-0.25, -0.2) is 9.67 Å². The molecule has 2 heterocycles. The minimum atomic E-state index is 0.431. The quantitative estimate of drug-likeness (QED) is 0.841. The van der Waals surface area contributed by atoms with Gasteiger partial charge in [0.25, 0.3) is 0 Å². The van der Waals surface area contributed by atoms with Gasteiger partial charge in [0.15, 0.2) is 5.65 Å². The lowest BCUT2D eigenvalue weighted by atomic mass is 10.2. The summed E-state index contributed by atoms with van der Waals surface area (Å²) in [5.41, 5.74) is 2.07. The fraction of sp³-hybridized carbons (Fsp3) is 0.667. The van der Waals surface area contributed by atoms with Crippen molar-refractivity contribution in [3.63, 3.8) is 0 Å². The predicted molar refractivity (Wildman–Crippen MR) is 65.5 cm³/mol. The number of nitrogens with zero attached hydrogens (tertiary/aromatic N) is 3. The molecule has 0 saturated heterocycles. The molecule has 2 rings (SSSR count). The van der Waals surface area contributed by atoms with Crippen LogP contribution < -0.4 is 0 Å². The molecule has 88 valence electrons. The van der Waals surface area contributed by atoms with Crippen molar-refractivity contribution >= 4 is 11.2 Å². The van der Waals surface area contributed by atoms with Crippen LogP contribution in [0.15, 0.2) is 6.20 Å². The smallest absolute Gasteiger partial charge is 0.176 e. The van der Waals surface area contributed by atoms with Crippen LogP contribution in [0.2, 0.25) is 0 Å². The molecule has 0 aromatic carbocycles. The van der Waals surface area contributed by atoms with E-state index >= 15 is 0 Å². The van der Waals surface area contributed by atoms with E-state index in [0.29, 0.717) is 6.04 Å². The maximum atomic E-state index is 4.61. The van der Waals surface area contributed by atoms with E-state index in [-0.39, 0.29) is 0 Å². The molecule has 0 unspecified atom stereocenters. The van der Waals surface area contributed by atoms with E-state index in [9.17, 15) is 0 Å². The van der Waals surface area contributed by atoms with Gasteiger partial charge in [0.1, 0.15) is 11.3 Å². The second-order valence-corrected chi connectivity index (χ2v) is 4.40. The number of imidazole rings is 1. The van der Waals surface area contributed by atoms with Gasteiger partial charge in [0.2, 0.25) is 0 Å². The van der Waals surface area contributed by atoms with Crippen molar-refractivity contribution in [3.05, 3.63) is 12.0 Å². The molecule has 0 saturated carbocycles. The van der Waals surface area contributed by atoms with Crippen molar-refractivity contribution < 1.29 is 0 Å². The fourth-order valence-corrected chi connectivity index (χ4v) is 2.08. The number of H-pyrrole nitrogens is 1. The molecule has 0 bridgehead atoms. The molecule has 4 heteroatoms. The highest BCUT2D eigenvalue weighted by Gasteiger charge is 2.12. The Balaban J connectivity index is 2.31. The van der Waals surface area contributed by atoms with Gasteiger partial charge in [0, 0.05) is 6.42 Å². The summed E-state index contributed by atoms with van der Waals surface area (Å²) in [7, 11) is 0. The Labute approximate surface area is 96.1 Å². The highest BCUT2D eigenvalue weighted by Crippen LogP contribution is 2.19. The number of nitrogens with one attached hydrogen (secondary N) is 1. The van der Waals surface area contributed by atoms with Crippen LogP contribution in [0.25, 0.3) is 11.2 Å². The third-order valence-corrected chi connectivity index (χ3v) is 2.90. The number of hydrogen-bond donors (Lipinski definition) is 1. The third kappa shape index (κ3) is 1.96. The molecule has 0 aliphatic heterocycles. The van der Waals surface area contributed by atoms with E-state index in [1.54, 1.807) is 0 Å². The Morgan fingerprint density at radius 1 is 1.38 bits per heavy atom. The molecular weight excluding hydrogens is 200 g/mol. The van der Waals surface area contributed by atoms with Crippen molar-refractivity contribution in [3.8, 4) is 0 Å². The largest absolute Gasteiger partial charge is 0.339 e. The fourth-order valence-electron chi connectivity index (χ4n) is 2.08. The van der Waals surface area contributed by atoms with Crippen molar-refractivity contribution in [2.45, 2.75) is 52.5 Å². The first-order valence-electron chi connectivity index (χ1n) is 6.18. The van der Waals surface area contributed by atoms with Crippen LogP contribution >= 0.6 is 0 Å². The topological polar surface area (TPSA) is 46.5 Å². The summed E-state index contributed by atoms with van der Waals surface area (Å²) in [5.74, 6) is 1.08. The average Bonchev–Trinajstić information content (AvgIpc) is 2.77. The van der Waals surface area contributed by atoms with Crippen LogP contribution in [0.4, 0.5) is 0 Å². The van der Waals surface area contributed by atoms with E-state index in [1.807, 2.05) is 10.9 Å². The van der Waals surface area contributed by atoms with E-state index in [2.05, 4.69) is 35.8 Å². The minimum Gasteiger partial charge on any atom is -0.339 e. The molecule has 1 N–H and O–H groups in total. The Morgan fingerprint density at radius 2 is 2.19 bits per heavy atom. The number of hydrogen-bond acceptors (Lipinski definition) is 2. The summed E-state index contributed by atoms with van der Waals surface area (Å²) in [4.78, 5) is 7.93. The first kappa shape index (κ1) is 11.2. The normalized spacial score (nSPS) is 13.4. The molecule has 0 radical (unpaired) electrons. The van der Waals surface area contributed by atoms with Crippen molar-refractivity contribution in [1.82, 2.24) is 19.7 Å². The predicted octanol–water partition coefficient (Wildman–Crippen LogP) is 3.07. The van der Waals surface area contributed by atoms with E-state index in [1.165, 1.54) is 6.42 Å². The van der Waals surface area contributed by atoms with E-state index in [0.717, 1.165) is 36.3 Å². The van der Waals surface area contributed by atoms with Crippen LogP contribution in [0.1, 0.15) is 51.9 Å². The molecule has 1 atom stereocenters. The zero-order valence-corrected chi connectivity index (χ0v) is 10.3. The van der Waals surface area contributed by atoms with Gasteiger partial charge in [0.05, 0.1) is 12.2 Å². The number of fused-ring (bicyclic) bond motifs is 1. The lowest BCUT2D eigenvalue weighted by Crippen LogP contribution is -2.06. The molecule has 0 aliphatic rings. The molecule has 0 fully saturated rings. The first-order valence-corrected chi connectivity index (χ1v) is 6.18. The van der Waals surface area contributed by atoms with Gasteiger partial charge < -0.3 is 4.98 Å². The Morgan fingerprint density at radius 3 is 2.88 bits per heavy atom. The molecule has 0 spiro atoms. The lowest BCUT2D eigenvalue weighted by Gasteiger charge is -2.10. The summed E-state index contributed by atoms with van der Waals surface area (Å²) in [6.45, 7) is 6.56. The van der Waals surface area contributed by atoms with Gasteiger partial charge in [-0.1, -0.05) is 20.3 Å². The second kappa shape index (κ2) is 4.68. The lowest BCUT2D eigenvalue weighted by molar-refractivity contribution is 0.465. The van der Waals surface area contributed by atoms with Crippen LogP contribution in [-0.2, 0) is 6.42 Å². The van der Waals surface area contributed by atoms with Crippen LogP contribution in [-0.4, -0.2) is 19.7 Å². The van der Waals surface area contributed by atoms with E-state index in [4.69, 9.17) is 0 Å². The maximum Gasteiger partial charge on any atom is 0.176 e. The van der Waals surface area contributed by atoms with Gasteiger partial charge in [-0.2, -0.15) is 5.10 Å². The van der Waals surface area contributed by atoms with Crippen LogP contribution in [0, 0.1) is 0 Å². The zero-order chi connectivity index (χ0) is 11.5. The van der Waals surface area contributed by atoms with Crippen LogP contribution in [0.3, 0.4) is 0 Å². The third-order valence-electron chi connectivity index (χ3n) is 2.90. The number of aromatic nitrogens is 4. The molecule has 2 aromatic heterocycles. The van der Waals surface area contributed by atoms with E-state index < -0.39 is 0 Å². The SMILES string of the molecule is CCCc1nc2c(cnn2[C@H](C)CCC)[nH]1. The van der Waals surface area contributed by atoms with Crippen molar-refractivity contribution in [1.29, 1.82) is 0 Å². The summed E-state index contributed by atoms with van der Waals surface area (Å²) >= 11 is 0. The molecule has 0 amide bonds. The Kier molecular flexibility index (Phi) is 3.27. The van der Waals surface area contributed by atoms with Crippen molar-refractivity contribution in [2.24, 2.45) is 0 Å². The van der Waals surface area contributed by atoms with Gasteiger partial charge in [-0.3, -0.25) is 0 Å². The Bertz CT molecular complexity index is 454. The summed E-state index contributed by atoms with van der Waals surface area (Å²) in [5, 5.41) is 4.40. The van der Waals surface area contributed by atoms with Crippen molar-refractivity contribution in [2.75, 3.05) is 0 Å². The molecule has 16 heavy (non-hydrogen) atoms. The Hall–Kier alpha value is -1.32. The van der Waals surface area contributed by atoms with Crippen LogP contribution in [0.5, 0.6) is 0 Å². The second-order valence-electron chi connectivity index (χ2n) is 4.40. The maximum absolute atomic E-state index is 4.61. The number of aromatic amines is 1. The highest BCUT2D eigenvalue weighted by atomic mass is 15.3. The average molecular weight is 220 g/mol. The van der Waals surface area contributed by atoms with Gasteiger partial charge in [-0.05, 0) is 19.8 Å². The van der Waals surface area contributed by atoms with Gasteiger partial charge >= 0.3 is 0 Å². The molecule has 0 aliphatic carbocycles.